The maximum atomic E-state index is 12.8. The summed E-state index contributed by atoms with van der Waals surface area (Å²) in [5, 5.41) is 0. The van der Waals surface area contributed by atoms with Crippen LogP contribution >= 0.6 is 0 Å². The highest BCUT2D eigenvalue weighted by atomic mass is 16.6. The normalized spacial score (nSPS) is 11.9. The molecule has 0 saturated heterocycles. The minimum absolute atomic E-state index is 0.0628. The second kappa shape index (κ2) is 60.0. The van der Waals surface area contributed by atoms with Crippen LogP contribution in [0.4, 0.5) is 0 Å². The lowest BCUT2D eigenvalue weighted by atomic mass is 10.0. The summed E-state index contributed by atoms with van der Waals surface area (Å²) in [7, 11) is 0. The van der Waals surface area contributed by atoms with Gasteiger partial charge in [0.1, 0.15) is 13.2 Å². The van der Waals surface area contributed by atoms with Crippen molar-refractivity contribution < 1.29 is 28.6 Å². The first-order valence-electron chi connectivity index (χ1n) is 32.0. The summed E-state index contributed by atoms with van der Waals surface area (Å²) < 4.78 is 16.7. The van der Waals surface area contributed by atoms with Crippen LogP contribution in [-0.2, 0) is 28.6 Å². The Morgan fingerprint density at radius 3 is 0.571 bits per heavy atom. The van der Waals surface area contributed by atoms with Crippen molar-refractivity contribution in [3.63, 3.8) is 0 Å². The second-order valence-corrected chi connectivity index (χ2v) is 22.1. The standard InChI is InChI=1S/C64H124O6/c1-4-7-10-13-15-17-19-21-23-24-25-26-27-28-29-30-31-32-33-34-35-36-37-38-39-40-41-43-44-46-48-51-54-57-63(66)69-60-61(59-68-62(65)56-53-50-12-9-6-3)70-64(67)58-55-52-49-47-45-42-22-20-18-16-14-11-8-5-2/h61H,4-60H2,1-3H3. The second-order valence-electron chi connectivity index (χ2n) is 22.1. The number of unbranched alkanes of at least 4 members (excludes halogenated alkanes) is 49. The van der Waals surface area contributed by atoms with Crippen LogP contribution in [0.25, 0.3) is 0 Å². The minimum atomic E-state index is -0.759. The summed E-state index contributed by atoms with van der Waals surface area (Å²) in [5.74, 6) is -0.851. The van der Waals surface area contributed by atoms with Crippen molar-refractivity contribution in [3.05, 3.63) is 0 Å². The number of carbonyl (C=O) groups is 3. The molecule has 0 amide bonds. The molecule has 6 nitrogen and oxygen atoms in total. The highest BCUT2D eigenvalue weighted by Gasteiger charge is 2.19. The number of esters is 3. The number of ether oxygens (including phenoxy) is 3. The molecule has 0 spiro atoms. The van der Waals surface area contributed by atoms with Crippen LogP contribution in [0.5, 0.6) is 0 Å². The van der Waals surface area contributed by atoms with E-state index in [4.69, 9.17) is 14.2 Å². The maximum absolute atomic E-state index is 12.8. The van der Waals surface area contributed by atoms with Crippen LogP contribution in [0.15, 0.2) is 0 Å². The fourth-order valence-corrected chi connectivity index (χ4v) is 10.0. The van der Waals surface area contributed by atoms with Gasteiger partial charge >= 0.3 is 17.9 Å². The predicted octanol–water partition coefficient (Wildman–Crippen LogP) is 21.5. The molecule has 0 aliphatic rings. The largest absolute Gasteiger partial charge is 0.462 e. The highest BCUT2D eigenvalue weighted by Crippen LogP contribution is 2.19. The average Bonchev–Trinajstić information content (AvgIpc) is 3.36. The van der Waals surface area contributed by atoms with Gasteiger partial charge in [0.2, 0.25) is 0 Å². The van der Waals surface area contributed by atoms with Crippen molar-refractivity contribution in [2.45, 2.75) is 380 Å². The zero-order valence-corrected chi connectivity index (χ0v) is 47.8. The Bertz CT molecular complexity index is 1040. The Morgan fingerprint density at radius 2 is 0.386 bits per heavy atom. The van der Waals surface area contributed by atoms with Gasteiger partial charge in [0.15, 0.2) is 6.10 Å². The van der Waals surface area contributed by atoms with Gasteiger partial charge in [-0.25, -0.2) is 0 Å². The topological polar surface area (TPSA) is 78.9 Å². The van der Waals surface area contributed by atoms with E-state index in [2.05, 4.69) is 20.8 Å². The molecule has 0 saturated carbocycles. The van der Waals surface area contributed by atoms with E-state index >= 15 is 0 Å². The number of hydrogen-bond donors (Lipinski definition) is 0. The quantitative estimate of drug-likeness (QED) is 0.0343. The van der Waals surface area contributed by atoms with E-state index < -0.39 is 6.10 Å². The molecular formula is C64H124O6. The number of carbonyl (C=O) groups excluding carboxylic acids is 3. The van der Waals surface area contributed by atoms with E-state index in [0.29, 0.717) is 19.3 Å². The van der Waals surface area contributed by atoms with E-state index in [0.717, 1.165) is 64.2 Å². The first-order valence-corrected chi connectivity index (χ1v) is 32.0. The molecule has 6 heteroatoms. The molecule has 416 valence electrons. The summed E-state index contributed by atoms with van der Waals surface area (Å²) in [6.07, 6.45) is 69.0. The molecule has 0 aromatic carbocycles. The number of hydrogen-bond acceptors (Lipinski definition) is 6. The van der Waals surface area contributed by atoms with Crippen molar-refractivity contribution in [3.8, 4) is 0 Å². The summed E-state index contributed by atoms with van der Waals surface area (Å²) in [5.41, 5.74) is 0. The predicted molar refractivity (Wildman–Crippen MR) is 303 cm³/mol. The van der Waals surface area contributed by atoms with Gasteiger partial charge in [-0.05, 0) is 19.3 Å². The Morgan fingerprint density at radius 1 is 0.229 bits per heavy atom. The third-order valence-corrected chi connectivity index (χ3v) is 14.9. The molecule has 0 aromatic heterocycles. The summed E-state index contributed by atoms with van der Waals surface area (Å²) >= 11 is 0. The van der Waals surface area contributed by atoms with Gasteiger partial charge in [-0.2, -0.15) is 0 Å². The lowest BCUT2D eigenvalue weighted by Crippen LogP contribution is -2.30. The first kappa shape index (κ1) is 68.4. The van der Waals surface area contributed by atoms with Gasteiger partial charge < -0.3 is 14.2 Å². The van der Waals surface area contributed by atoms with E-state index in [1.54, 1.807) is 0 Å². The maximum Gasteiger partial charge on any atom is 0.306 e. The van der Waals surface area contributed by atoms with E-state index in [9.17, 15) is 14.4 Å². The molecule has 1 atom stereocenters. The third-order valence-electron chi connectivity index (χ3n) is 14.9. The zero-order valence-electron chi connectivity index (χ0n) is 47.8. The van der Waals surface area contributed by atoms with Crippen LogP contribution in [0.1, 0.15) is 374 Å². The SMILES string of the molecule is CCCCCCCCCCCCCCCCCCCCCCCCCCCCCCCCCCCC(=O)OCC(COC(=O)CCCCCCC)OC(=O)CCCCCCCCCCCCCCCC. The smallest absolute Gasteiger partial charge is 0.306 e. The molecule has 70 heavy (non-hydrogen) atoms. The van der Waals surface area contributed by atoms with Crippen molar-refractivity contribution in [1.82, 2.24) is 0 Å². The van der Waals surface area contributed by atoms with E-state index in [1.165, 1.54) is 270 Å². The molecule has 0 rings (SSSR count). The van der Waals surface area contributed by atoms with Crippen LogP contribution in [0, 0.1) is 0 Å². The van der Waals surface area contributed by atoms with Gasteiger partial charge in [-0.1, -0.05) is 335 Å². The average molecular weight is 990 g/mol. The molecular weight excluding hydrogens is 865 g/mol. The van der Waals surface area contributed by atoms with E-state index in [1.807, 2.05) is 0 Å². The summed E-state index contributed by atoms with van der Waals surface area (Å²) in [6.45, 7) is 6.62. The Hall–Kier alpha value is -1.59. The lowest BCUT2D eigenvalue weighted by molar-refractivity contribution is -0.167. The Balaban J connectivity index is 3.82. The van der Waals surface area contributed by atoms with E-state index in [-0.39, 0.29) is 31.1 Å². The van der Waals surface area contributed by atoms with Crippen LogP contribution in [0.3, 0.4) is 0 Å². The van der Waals surface area contributed by atoms with Crippen molar-refractivity contribution in [2.24, 2.45) is 0 Å². The van der Waals surface area contributed by atoms with Crippen LogP contribution < -0.4 is 0 Å². The van der Waals surface area contributed by atoms with Gasteiger partial charge in [0.25, 0.3) is 0 Å². The molecule has 0 bridgehead atoms. The van der Waals surface area contributed by atoms with Crippen LogP contribution in [0.2, 0.25) is 0 Å². The van der Waals surface area contributed by atoms with Gasteiger partial charge in [0.05, 0.1) is 0 Å². The third kappa shape index (κ3) is 57.3. The van der Waals surface area contributed by atoms with Crippen molar-refractivity contribution in [2.75, 3.05) is 13.2 Å². The Labute approximate surface area is 438 Å². The zero-order chi connectivity index (χ0) is 50.7. The van der Waals surface area contributed by atoms with Crippen molar-refractivity contribution in [1.29, 1.82) is 0 Å². The molecule has 0 aromatic rings. The molecule has 1 unspecified atom stereocenters. The molecule has 0 N–H and O–H groups in total. The molecule has 0 fully saturated rings. The summed E-state index contributed by atoms with van der Waals surface area (Å²) in [4.78, 5) is 37.8. The van der Waals surface area contributed by atoms with Gasteiger partial charge in [0, 0.05) is 19.3 Å². The minimum Gasteiger partial charge on any atom is -0.462 e. The fraction of sp³-hybridized carbons (Fsp3) is 0.953. The first-order chi connectivity index (χ1) is 34.5. The lowest BCUT2D eigenvalue weighted by Gasteiger charge is -2.18. The van der Waals surface area contributed by atoms with Gasteiger partial charge in [-0.15, -0.1) is 0 Å². The van der Waals surface area contributed by atoms with Gasteiger partial charge in [-0.3, -0.25) is 14.4 Å². The Kier molecular flexibility index (Phi) is 58.6. The highest BCUT2D eigenvalue weighted by molar-refractivity contribution is 5.71. The van der Waals surface area contributed by atoms with Crippen LogP contribution in [-0.4, -0.2) is 37.2 Å². The molecule has 0 radical (unpaired) electrons. The molecule has 0 heterocycles. The fourth-order valence-electron chi connectivity index (χ4n) is 10.0. The molecule has 0 aliphatic carbocycles. The number of rotatable bonds is 60. The summed E-state index contributed by atoms with van der Waals surface area (Å²) in [6, 6.07) is 0. The molecule has 0 aliphatic heterocycles. The van der Waals surface area contributed by atoms with Crippen molar-refractivity contribution >= 4 is 17.9 Å². The monoisotopic (exact) mass is 989 g/mol.